The van der Waals surface area contributed by atoms with Crippen LogP contribution in [0.4, 0.5) is 10.2 Å². The molecule has 2 heterocycles. The van der Waals surface area contributed by atoms with Gasteiger partial charge in [0.1, 0.15) is 18.0 Å². The lowest BCUT2D eigenvalue weighted by Crippen LogP contribution is -2.20. The average molecular weight is 285 g/mol. The van der Waals surface area contributed by atoms with Crippen LogP contribution in [-0.4, -0.2) is 25.6 Å². The van der Waals surface area contributed by atoms with Gasteiger partial charge in [-0.05, 0) is 38.0 Å². The fourth-order valence-corrected chi connectivity index (χ4v) is 2.31. The van der Waals surface area contributed by atoms with E-state index in [-0.39, 0.29) is 11.9 Å². The number of rotatable bonds is 4. The molecular weight excluding hydrogens is 269 g/mol. The number of halogens is 1. The second-order valence-corrected chi connectivity index (χ2v) is 5.13. The number of hydrogen-bond donors (Lipinski definition) is 1. The van der Waals surface area contributed by atoms with Gasteiger partial charge in [0.05, 0.1) is 0 Å². The van der Waals surface area contributed by atoms with Gasteiger partial charge >= 0.3 is 0 Å². The van der Waals surface area contributed by atoms with E-state index in [1.165, 1.54) is 18.5 Å². The molecule has 3 rings (SSSR count). The van der Waals surface area contributed by atoms with E-state index >= 15 is 0 Å². The van der Waals surface area contributed by atoms with Crippen molar-refractivity contribution in [2.75, 3.05) is 5.32 Å². The third-order valence-electron chi connectivity index (χ3n) is 3.23. The monoisotopic (exact) mass is 285 g/mol. The van der Waals surface area contributed by atoms with Crippen molar-refractivity contribution in [2.24, 2.45) is 0 Å². The third kappa shape index (κ3) is 2.99. The molecule has 5 nitrogen and oxygen atoms in total. The highest BCUT2D eigenvalue weighted by Gasteiger charge is 2.09. The van der Waals surface area contributed by atoms with Crippen LogP contribution < -0.4 is 5.32 Å². The molecule has 1 N–H and O–H groups in total. The summed E-state index contributed by atoms with van der Waals surface area (Å²) >= 11 is 0. The molecule has 1 atom stereocenters. The van der Waals surface area contributed by atoms with Gasteiger partial charge in [-0.2, -0.15) is 14.6 Å². The number of anilines is 1. The molecule has 0 fully saturated rings. The highest BCUT2D eigenvalue weighted by molar-refractivity contribution is 5.45. The zero-order chi connectivity index (χ0) is 14.8. The number of nitrogens with one attached hydrogen (secondary N) is 1. The molecule has 108 valence electrons. The molecule has 1 unspecified atom stereocenters. The molecule has 21 heavy (non-hydrogen) atoms. The summed E-state index contributed by atoms with van der Waals surface area (Å²) < 4.78 is 14.6. The van der Waals surface area contributed by atoms with Gasteiger partial charge in [0.15, 0.2) is 0 Å². The van der Waals surface area contributed by atoms with Crippen LogP contribution in [0.15, 0.2) is 36.7 Å². The molecule has 3 aromatic rings. The fourth-order valence-electron chi connectivity index (χ4n) is 2.31. The lowest BCUT2D eigenvalue weighted by molar-refractivity contribution is 0.626. The molecule has 6 heteroatoms. The summed E-state index contributed by atoms with van der Waals surface area (Å²) in [5, 5.41) is 7.56. The summed E-state index contributed by atoms with van der Waals surface area (Å²) in [6.45, 7) is 3.99. The molecular formula is C15H16FN5. The average Bonchev–Trinajstić information content (AvgIpc) is 2.89. The van der Waals surface area contributed by atoms with Crippen molar-refractivity contribution in [3.8, 4) is 0 Å². The van der Waals surface area contributed by atoms with Crippen LogP contribution in [0.1, 0.15) is 18.2 Å². The predicted molar refractivity (Wildman–Crippen MR) is 78.7 cm³/mol. The van der Waals surface area contributed by atoms with Gasteiger partial charge in [0, 0.05) is 17.8 Å². The summed E-state index contributed by atoms with van der Waals surface area (Å²) in [6, 6.07) is 8.67. The molecule has 0 amide bonds. The maximum Gasteiger partial charge on any atom is 0.254 e. The first-order valence-corrected chi connectivity index (χ1v) is 6.80. The number of nitrogens with zero attached hydrogens (tertiary/aromatic N) is 4. The van der Waals surface area contributed by atoms with E-state index in [2.05, 4.69) is 27.3 Å². The standard InChI is InChI=1S/C15H16FN5/c1-10(7-12-3-5-13(16)6-4-12)19-14-8-11(2)20-15-17-9-18-21(14)15/h3-6,8-10,19H,7H2,1-2H3. The van der Waals surface area contributed by atoms with E-state index in [9.17, 15) is 4.39 Å². The Bertz CT molecular complexity index is 750. The van der Waals surface area contributed by atoms with E-state index in [1.807, 2.05) is 13.0 Å². The Hall–Kier alpha value is -2.50. The van der Waals surface area contributed by atoms with Gasteiger partial charge in [0.25, 0.3) is 5.78 Å². The Kier molecular flexibility index (Phi) is 3.51. The SMILES string of the molecule is Cc1cc(NC(C)Cc2ccc(F)cc2)n2ncnc2n1. The topological polar surface area (TPSA) is 55.1 Å². The van der Waals surface area contributed by atoms with Gasteiger partial charge in [-0.15, -0.1) is 0 Å². The molecule has 0 radical (unpaired) electrons. The highest BCUT2D eigenvalue weighted by atomic mass is 19.1. The smallest absolute Gasteiger partial charge is 0.254 e. The van der Waals surface area contributed by atoms with Crippen LogP contribution in [0.2, 0.25) is 0 Å². The van der Waals surface area contributed by atoms with Gasteiger partial charge in [-0.25, -0.2) is 9.37 Å². The Morgan fingerprint density at radius 3 is 2.81 bits per heavy atom. The third-order valence-corrected chi connectivity index (χ3v) is 3.23. The first-order valence-electron chi connectivity index (χ1n) is 6.80. The lowest BCUT2D eigenvalue weighted by Gasteiger charge is -2.16. The summed E-state index contributed by atoms with van der Waals surface area (Å²) in [4.78, 5) is 8.41. The van der Waals surface area contributed by atoms with Crippen LogP contribution in [0.5, 0.6) is 0 Å². The minimum atomic E-state index is -0.214. The van der Waals surface area contributed by atoms with Crippen molar-refractivity contribution in [1.29, 1.82) is 0 Å². The first-order chi connectivity index (χ1) is 10.1. The minimum absolute atomic E-state index is 0.171. The van der Waals surface area contributed by atoms with E-state index in [1.54, 1.807) is 16.6 Å². The Morgan fingerprint density at radius 2 is 2.05 bits per heavy atom. The van der Waals surface area contributed by atoms with Gasteiger partial charge in [-0.3, -0.25) is 0 Å². The minimum Gasteiger partial charge on any atom is -0.367 e. The second-order valence-electron chi connectivity index (χ2n) is 5.13. The maximum absolute atomic E-state index is 12.9. The highest BCUT2D eigenvalue weighted by Crippen LogP contribution is 2.13. The summed E-state index contributed by atoms with van der Waals surface area (Å²) in [6.07, 6.45) is 2.27. The van der Waals surface area contributed by atoms with Crippen LogP contribution in [0, 0.1) is 12.7 Å². The number of benzene rings is 1. The van der Waals surface area contributed by atoms with Crippen molar-refractivity contribution in [1.82, 2.24) is 19.6 Å². The normalized spacial score (nSPS) is 12.5. The van der Waals surface area contributed by atoms with Crippen molar-refractivity contribution < 1.29 is 4.39 Å². The van der Waals surface area contributed by atoms with Crippen molar-refractivity contribution in [3.63, 3.8) is 0 Å². The van der Waals surface area contributed by atoms with Crippen LogP contribution in [0.25, 0.3) is 5.78 Å². The van der Waals surface area contributed by atoms with Crippen LogP contribution >= 0.6 is 0 Å². The van der Waals surface area contributed by atoms with Gasteiger partial charge in [-0.1, -0.05) is 12.1 Å². The first kappa shape index (κ1) is 13.5. The Morgan fingerprint density at radius 1 is 1.29 bits per heavy atom. The maximum atomic E-state index is 12.9. The Balaban J connectivity index is 1.78. The van der Waals surface area contributed by atoms with Gasteiger partial charge < -0.3 is 5.32 Å². The van der Waals surface area contributed by atoms with Crippen molar-refractivity contribution in [3.05, 3.63) is 53.7 Å². The lowest BCUT2D eigenvalue weighted by atomic mass is 10.1. The number of fused-ring (bicyclic) bond motifs is 1. The fraction of sp³-hybridized carbons (Fsp3) is 0.267. The van der Waals surface area contributed by atoms with Crippen LogP contribution in [-0.2, 0) is 6.42 Å². The molecule has 0 saturated heterocycles. The van der Waals surface area contributed by atoms with Crippen molar-refractivity contribution in [2.45, 2.75) is 26.3 Å². The molecule has 0 aliphatic heterocycles. The van der Waals surface area contributed by atoms with E-state index in [0.717, 1.165) is 23.5 Å². The number of aromatic nitrogens is 4. The van der Waals surface area contributed by atoms with Crippen molar-refractivity contribution >= 4 is 11.6 Å². The number of hydrogen-bond acceptors (Lipinski definition) is 4. The zero-order valence-corrected chi connectivity index (χ0v) is 11.9. The quantitative estimate of drug-likeness (QED) is 0.800. The molecule has 2 aromatic heterocycles. The zero-order valence-electron chi connectivity index (χ0n) is 11.9. The number of aryl methyl sites for hydroxylation is 1. The molecule has 1 aromatic carbocycles. The molecule has 0 spiro atoms. The molecule has 0 saturated carbocycles. The predicted octanol–water partition coefficient (Wildman–Crippen LogP) is 2.61. The molecule has 0 bridgehead atoms. The van der Waals surface area contributed by atoms with Gasteiger partial charge in [0.2, 0.25) is 0 Å². The molecule has 0 aliphatic carbocycles. The van der Waals surface area contributed by atoms with E-state index in [4.69, 9.17) is 0 Å². The Labute approximate surface area is 121 Å². The largest absolute Gasteiger partial charge is 0.367 e. The van der Waals surface area contributed by atoms with E-state index in [0.29, 0.717) is 5.78 Å². The summed E-state index contributed by atoms with van der Waals surface area (Å²) in [7, 11) is 0. The molecule has 0 aliphatic rings. The van der Waals surface area contributed by atoms with Crippen LogP contribution in [0.3, 0.4) is 0 Å². The second kappa shape index (κ2) is 5.47. The summed E-state index contributed by atoms with van der Waals surface area (Å²) in [5.41, 5.74) is 1.96. The van der Waals surface area contributed by atoms with E-state index < -0.39 is 0 Å². The summed E-state index contributed by atoms with van der Waals surface area (Å²) in [5.74, 6) is 1.21.